The van der Waals surface area contributed by atoms with Crippen molar-refractivity contribution in [2.24, 2.45) is 0 Å². The molecule has 1 atom stereocenters. The number of hydrogen-bond donors (Lipinski definition) is 1. The Morgan fingerprint density at radius 2 is 1.53 bits per heavy atom. The number of carbonyl (C=O) groups is 1. The van der Waals surface area contributed by atoms with Crippen LogP contribution in [0.3, 0.4) is 0 Å². The Bertz CT molecular complexity index is 1130. The number of aryl methyl sites for hydroxylation is 2. The number of nitrogens with one attached hydrogen (secondary N) is 1. The van der Waals surface area contributed by atoms with Gasteiger partial charge in [0.05, 0.1) is 16.6 Å². The molecule has 3 aromatic carbocycles. The molecule has 0 spiro atoms. The highest BCUT2D eigenvalue weighted by Gasteiger charge is 2.27. The van der Waals surface area contributed by atoms with E-state index in [2.05, 4.69) is 5.32 Å². The second kappa shape index (κ2) is 10.5. The van der Waals surface area contributed by atoms with E-state index in [4.69, 9.17) is 0 Å². The van der Waals surface area contributed by atoms with Gasteiger partial charge in [-0.15, -0.1) is 0 Å². The zero-order chi connectivity index (χ0) is 23.1. The molecule has 0 fully saturated rings. The summed E-state index contributed by atoms with van der Waals surface area (Å²) in [6.07, 6.45) is 1.55. The largest absolute Gasteiger partial charge is 0.348 e. The van der Waals surface area contributed by atoms with Crippen LogP contribution in [0.5, 0.6) is 0 Å². The van der Waals surface area contributed by atoms with Crippen molar-refractivity contribution in [1.82, 2.24) is 5.32 Å². The van der Waals surface area contributed by atoms with Gasteiger partial charge in [0.1, 0.15) is 6.54 Å². The quantitative estimate of drug-likeness (QED) is 0.498. The Morgan fingerprint density at radius 1 is 0.906 bits per heavy atom. The molecule has 0 aliphatic heterocycles. The summed E-state index contributed by atoms with van der Waals surface area (Å²) < 4.78 is 28.0. The Labute approximate surface area is 191 Å². The Balaban J connectivity index is 1.89. The first-order valence-corrected chi connectivity index (χ1v) is 12.3. The Kier molecular flexibility index (Phi) is 7.70. The predicted octanol–water partition coefficient (Wildman–Crippen LogP) is 5.02. The van der Waals surface area contributed by atoms with E-state index < -0.39 is 10.0 Å². The van der Waals surface area contributed by atoms with Gasteiger partial charge >= 0.3 is 0 Å². The molecular weight excluding hydrogens is 420 g/mol. The van der Waals surface area contributed by atoms with Gasteiger partial charge in [0.15, 0.2) is 0 Å². The van der Waals surface area contributed by atoms with Crippen molar-refractivity contribution < 1.29 is 13.2 Å². The van der Waals surface area contributed by atoms with Crippen LogP contribution in [0.15, 0.2) is 83.8 Å². The predicted molar refractivity (Wildman–Crippen MR) is 129 cm³/mol. The number of amides is 1. The SMILES string of the molecule is CCc1ccc(N(CC(=O)N[C@H](CC)c2ccc(C)cc2)S(=O)(=O)c2ccccc2)cc1. The van der Waals surface area contributed by atoms with Gasteiger partial charge in [-0.25, -0.2) is 8.42 Å². The maximum Gasteiger partial charge on any atom is 0.264 e. The topological polar surface area (TPSA) is 66.5 Å². The minimum atomic E-state index is -3.91. The standard InChI is InChI=1S/C26H30N2O3S/c1-4-21-13-17-23(18-14-21)28(32(30,31)24-9-7-6-8-10-24)19-26(29)27-25(5-2)22-15-11-20(3)12-16-22/h6-18,25H,4-5,19H2,1-3H3,(H,27,29)/t25-/m1/s1. The van der Waals surface area contributed by atoms with Gasteiger partial charge in [-0.05, 0) is 55.2 Å². The maximum atomic E-state index is 13.4. The summed E-state index contributed by atoms with van der Waals surface area (Å²) in [7, 11) is -3.91. The van der Waals surface area contributed by atoms with Crippen molar-refractivity contribution in [2.45, 2.75) is 44.6 Å². The van der Waals surface area contributed by atoms with E-state index in [1.165, 1.54) is 4.31 Å². The van der Waals surface area contributed by atoms with E-state index in [0.29, 0.717) is 12.1 Å². The fourth-order valence-electron chi connectivity index (χ4n) is 3.52. The van der Waals surface area contributed by atoms with E-state index in [1.54, 1.807) is 42.5 Å². The average molecular weight is 451 g/mol. The first-order valence-electron chi connectivity index (χ1n) is 10.9. The summed E-state index contributed by atoms with van der Waals surface area (Å²) in [6, 6.07) is 23.3. The molecule has 0 saturated carbocycles. The van der Waals surface area contributed by atoms with Crippen LogP contribution in [-0.4, -0.2) is 20.9 Å². The number of nitrogens with zero attached hydrogens (tertiary/aromatic N) is 1. The normalized spacial score (nSPS) is 12.2. The second-order valence-corrected chi connectivity index (χ2v) is 9.65. The summed E-state index contributed by atoms with van der Waals surface area (Å²) in [4.78, 5) is 13.2. The third-order valence-corrected chi connectivity index (χ3v) is 7.26. The molecule has 3 rings (SSSR count). The third-order valence-electron chi connectivity index (χ3n) is 5.47. The smallest absolute Gasteiger partial charge is 0.264 e. The molecular formula is C26H30N2O3S. The molecule has 0 heterocycles. The summed E-state index contributed by atoms with van der Waals surface area (Å²) in [5.74, 6) is -0.350. The van der Waals surface area contributed by atoms with E-state index in [-0.39, 0.29) is 23.4 Å². The molecule has 0 radical (unpaired) electrons. The lowest BCUT2D eigenvalue weighted by Crippen LogP contribution is -2.42. The van der Waals surface area contributed by atoms with Gasteiger partial charge in [-0.2, -0.15) is 0 Å². The molecule has 6 heteroatoms. The summed E-state index contributed by atoms with van der Waals surface area (Å²) >= 11 is 0. The molecule has 1 N–H and O–H groups in total. The third kappa shape index (κ3) is 5.56. The van der Waals surface area contributed by atoms with Gasteiger partial charge in [0.2, 0.25) is 5.91 Å². The molecule has 0 bridgehead atoms. The molecule has 0 saturated heterocycles. The monoisotopic (exact) mass is 450 g/mol. The summed E-state index contributed by atoms with van der Waals surface area (Å²) in [5.41, 5.74) is 3.70. The van der Waals surface area contributed by atoms with Gasteiger partial charge in [0.25, 0.3) is 10.0 Å². The maximum absolute atomic E-state index is 13.4. The minimum absolute atomic E-state index is 0.151. The lowest BCUT2D eigenvalue weighted by Gasteiger charge is -2.26. The number of anilines is 1. The van der Waals surface area contributed by atoms with Crippen LogP contribution >= 0.6 is 0 Å². The van der Waals surface area contributed by atoms with Crippen LogP contribution in [0.25, 0.3) is 0 Å². The van der Waals surface area contributed by atoms with E-state index in [9.17, 15) is 13.2 Å². The fourth-order valence-corrected chi connectivity index (χ4v) is 4.96. The number of benzene rings is 3. The van der Waals surface area contributed by atoms with Gasteiger partial charge in [-0.1, -0.05) is 74.0 Å². The fraction of sp³-hybridized carbons (Fsp3) is 0.269. The van der Waals surface area contributed by atoms with Gasteiger partial charge < -0.3 is 5.32 Å². The first-order chi connectivity index (χ1) is 15.3. The highest BCUT2D eigenvalue weighted by molar-refractivity contribution is 7.92. The molecule has 3 aromatic rings. The number of hydrogen-bond acceptors (Lipinski definition) is 3. The number of sulfonamides is 1. The molecule has 0 unspecified atom stereocenters. The van der Waals surface area contributed by atoms with Crippen LogP contribution in [0.4, 0.5) is 5.69 Å². The van der Waals surface area contributed by atoms with Crippen LogP contribution in [0.1, 0.15) is 43.0 Å². The molecule has 32 heavy (non-hydrogen) atoms. The second-order valence-electron chi connectivity index (χ2n) is 7.78. The number of carbonyl (C=O) groups excluding carboxylic acids is 1. The van der Waals surface area contributed by atoms with Crippen molar-refractivity contribution in [3.05, 3.63) is 95.6 Å². The lowest BCUT2D eigenvalue weighted by atomic mass is 10.0. The van der Waals surface area contributed by atoms with Crippen molar-refractivity contribution in [2.75, 3.05) is 10.8 Å². The summed E-state index contributed by atoms with van der Waals surface area (Å²) in [5, 5.41) is 3.00. The van der Waals surface area contributed by atoms with E-state index >= 15 is 0 Å². The zero-order valence-corrected chi connectivity index (χ0v) is 19.6. The van der Waals surface area contributed by atoms with Gasteiger partial charge in [-0.3, -0.25) is 9.10 Å². The highest BCUT2D eigenvalue weighted by Crippen LogP contribution is 2.25. The van der Waals surface area contributed by atoms with Crippen molar-refractivity contribution >= 4 is 21.6 Å². The van der Waals surface area contributed by atoms with Crippen LogP contribution in [0.2, 0.25) is 0 Å². The van der Waals surface area contributed by atoms with Crippen molar-refractivity contribution in [1.29, 1.82) is 0 Å². The Hall–Kier alpha value is -3.12. The molecule has 0 aliphatic carbocycles. The number of rotatable bonds is 9. The zero-order valence-electron chi connectivity index (χ0n) is 18.8. The van der Waals surface area contributed by atoms with E-state index in [1.807, 2.05) is 57.2 Å². The molecule has 0 aliphatic rings. The van der Waals surface area contributed by atoms with Crippen molar-refractivity contribution in [3.8, 4) is 0 Å². The Morgan fingerprint density at radius 3 is 2.09 bits per heavy atom. The lowest BCUT2D eigenvalue weighted by molar-refractivity contribution is -0.120. The first kappa shape index (κ1) is 23.5. The van der Waals surface area contributed by atoms with Gasteiger partial charge in [0, 0.05) is 0 Å². The highest BCUT2D eigenvalue weighted by atomic mass is 32.2. The summed E-state index contributed by atoms with van der Waals surface area (Å²) in [6.45, 7) is 5.74. The minimum Gasteiger partial charge on any atom is -0.348 e. The van der Waals surface area contributed by atoms with Crippen LogP contribution in [-0.2, 0) is 21.2 Å². The molecule has 5 nitrogen and oxygen atoms in total. The molecule has 0 aromatic heterocycles. The molecule has 1 amide bonds. The molecule has 168 valence electrons. The average Bonchev–Trinajstić information content (AvgIpc) is 2.82. The van der Waals surface area contributed by atoms with E-state index in [0.717, 1.165) is 23.1 Å². The van der Waals surface area contributed by atoms with Crippen molar-refractivity contribution in [3.63, 3.8) is 0 Å². The van der Waals surface area contributed by atoms with Crippen LogP contribution in [0, 0.1) is 6.92 Å². The van der Waals surface area contributed by atoms with Crippen LogP contribution < -0.4 is 9.62 Å².